The molecule has 144 valence electrons. The van der Waals surface area contributed by atoms with Gasteiger partial charge >= 0.3 is 6.09 Å². The van der Waals surface area contributed by atoms with Crippen LogP contribution in [-0.2, 0) is 4.74 Å². The fraction of sp³-hybridized carbons (Fsp3) is 0.857. The second-order valence-corrected chi connectivity index (χ2v) is 9.13. The van der Waals surface area contributed by atoms with Crippen LogP contribution in [0.25, 0.3) is 0 Å². The molecule has 1 amide bonds. The number of ether oxygens (including phenoxy) is 1. The average molecular weight is 351 g/mol. The highest BCUT2D eigenvalue weighted by Gasteiger charge is 2.24. The predicted molar refractivity (Wildman–Crippen MR) is 104 cm³/mol. The summed E-state index contributed by atoms with van der Waals surface area (Å²) in [5.41, 5.74) is 1.01. The Morgan fingerprint density at radius 1 is 1.28 bits per heavy atom. The lowest BCUT2D eigenvalue weighted by atomic mass is 9.89. The Labute approximate surface area is 154 Å². The lowest BCUT2D eigenvalue weighted by Gasteiger charge is -2.30. The van der Waals surface area contributed by atoms with E-state index in [2.05, 4.69) is 25.2 Å². The summed E-state index contributed by atoms with van der Waals surface area (Å²) in [6, 6.07) is 0.661. The van der Waals surface area contributed by atoms with E-state index in [1.54, 1.807) is 4.90 Å². The van der Waals surface area contributed by atoms with E-state index in [4.69, 9.17) is 4.74 Å². The van der Waals surface area contributed by atoms with E-state index < -0.39 is 5.60 Å². The molecule has 1 fully saturated rings. The Kier molecular flexibility index (Phi) is 7.36. The lowest BCUT2D eigenvalue weighted by Crippen LogP contribution is -2.40. The standard InChI is InChI=1S/C21H38N2O2/c1-16(2)18-7-6-8-19(10-9-18)22-15-17-11-13-23(14-12-17)20(24)25-21(3,4)5/h11,16,18-19,22H,6-10,12-15H2,1-5H3. The summed E-state index contributed by atoms with van der Waals surface area (Å²) in [5, 5.41) is 3.77. The largest absolute Gasteiger partial charge is 0.444 e. The van der Waals surface area contributed by atoms with Gasteiger partial charge in [-0.1, -0.05) is 38.3 Å². The maximum Gasteiger partial charge on any atom is 0.410 e. The molecule has 0 aromatic carbocycles. The molecule has 0 aromatic rings. The summed E-state index contributed by atoms with van der Waals surface area (Å²) in [6.07, 6.45) is 9.68. The van der Waals surface area contributed by atoms with Crippen molar-refractivity contribution < 1.29 is 9.53 Å². The normalized spacial score (nSPS) is 25.5. The fourth-order valence-electron chi connectivity index (χ4n) is 3.84. The zero-order chi connectivity index (χ0) is 18.4. The number of carbonyl (C=O) groups is 1. The van der Waals surface area contributed by atoms with Gasteiger partial charge in [-0.2, -0.15) is 0 Å². The smallest absolute Gasteiger partial charge is 0.410 e. The molecule has 0 bridgehead atoms. The van der Waals surface area contributed by atoms with Crippen LogP contribution < -0.4 is 5.32 Å². The van der Waals surface area contributed by atoms with Crippen molar-refractivity contribution in [3.8, 4) is 0 Å². The van der Waals surface area contributed by atoms with E-state index in [0.29, 0.717) is 12.6 Å². The highest BCUT2D eigenvalue weighted by molar-refractivity contribution is 5.68. The van der Waals surface area contributed by atoms with Gasteiger partial charge in [-0.25, -0.2) is 4.79 Å². The Morgan fingerprint density at radius 3 is 2.64 bits per heavy atom. The van der Waals surface area contributed by atoms with Gasteiger partial charge in [-0.3, -0.25) is 0 Å². The summed E-state index contributed by atoms with van der Waals surface area (Å²) >= 11 is 0. The second-order valence-electron chi connectivity index (χ2n) is 9.13. The number of hydrogen-bond donors (Lipinski definition) is 1. The molecule has 1 saturated carbocycles. The minimum Gasteiger partial charge on any atom is -0.444 e. The maximum absolute atomic E-state index is 12.1. The molecular weight excluding hydrogens is 312 g/mol. The second kappa shape index (κ2) is 9.07. The van der Waals surface area contributed by atoms with E-state index in [-0.39, 0.29) is 6.09 Å². The minimum atomic E-state index is -0.421. The topological polar surface area (TPSA) is 41.6 Å². The van der Waals surface area contributed by atoms with Crippen LogP contribution in [0.15, 0.2) is 11.6 Å². The quantitative estimate of drug-likeness (QED) is 0.588. The van der Waals surface area contributed by atoms with Crippen LogP contribution in [-0.4, -0.2) is 42.3 Å². The number of nitrogens with zero attached hydrogens (tertiary/aromatic N) is 1. The van der Waals surface area contributed by atoms with E-state index in [0.717, 1.165) is 31.3 Å². The van der Waals surface area contributed by atoms with Gasteiger partial charge in [0.05, 0.1) is 0 Å². The molecule has 0 saturated heterocycles. The Morgan fingerprint density at radius 2 is 2.04 bits per heavy atom. The number of amides is 1. The molecule has 1 N–H and O–H groups in total. The highest BCUT2D eigenvalue weighted by atomic mass is 16.6. The average Bonchev–Trinajstić information content (AvgIpc) is 2.77. The van der Waals surface area contributed by atoms with E-state index >= 15 is 0 Å². The van der Waals surface area contributed by atoms with Crippen molar-refractivity contribution in [1.29, 1.82) is 0 Å². The Bertz CT molecular complexity index is 465. The molecule has 25 heavy (non-hydrogen) atoms. The predicted octanol–water partition coefficient (Wildman–Crippen LogP) is 4.75. The third kappa shape index (κ3) is 7.01. The highest BCUT2D eigenvalue weighted by Crippen LogP contribution is 2.29. The summed E-state index contributed by atoms with van der Waals surface area (Å²) in [7, 11) is 0. The molecule has 4 nitrogen and oxygen atoms in total. The molecule has 4 heteroatoms. The molecular formula is C21H38N2O2. The number of hydrogen-bond acceptors (Lipinski definition) is 3. The molecule has 2 aliphatic rings. The van der Waals surface area contributed by atoms with E-state index in [1.165, 1.54) is 37.7 Å². The van der Waals surface area contributed by atoms with Gasteiger partial charge in [0, 0.05) is 25.7 Å². The van der Waals surface area contributed by atoms with Crippen LogP contribution in [0, 0.1) is 11.8 Å². The van der Waals surface area contributed by atoms with Crippen molar-refractivity contribution in [2.75, 3.05) is 19.6 Å². The van der Waals surface area contributed by atoms with Gasteiger partial charge in [0.1, 0.15) is 5.60 Å². The van der Waals surface area contributed by atoms with Crippen molar-refractivity contribution in [3.05, 3.63) is 11.6 Å². The molecule has 1 aliphatic carbocycles. The minimum absolute atomic E-state index is 0.195. The first-order valence-corrected chi connectivity index (χ1v) is 10.1. The van der Waals surface area contributed by atoms with Crippen molar-refractivity contribution >= 4 is 6.09 Å². The first-order chi connectivity index (χ1) is 11.7. The van der Waals surface area contributed by atoms with Crippen LogP contribution >= 0.6 is 0 Å². The summed E-state index contributed by atoms with van der Waals surface area (Å²) in [4.78, 5) is 13.9. The zero-order valence-electron chi connectivity index (χ0n) is 16.9. The number of rotatable bonds is 4. The molecule has 1 aliphatic heterocycles. The maximum atomic E-state index is 12.1. The van der Waals surface area contributed by atoms with Crippen LogP contribution in [0.5, 0.6) is 0 Å². The van der Waals surface area contributed by atoms with E-state index in [9.17, 15) is 4.79 Å². The Hall–Kier alpha value is -1.03. The van der Waals surface area contributed by atoms with Gasteiger partial charge < -0.3 is 15.0 Å². The zero-order valence-corrected chi connectivity index (χ0v) is 16.9. The van der Waals surface area contributed by atoms with Crippen LogP contribution in [0.3, 0.4) is 0 Å². The molecule has 1 heterocycles. The summed E-state index contributed by atoms with van der Waals surface area (Å²) in [5.74, 6) is 1.72. The van der Waals surface area contributed by atoms with Crippen molar-refractivity contribution in [1.82, 2.24) is 10.2 Å². The first kappa shape index (κ1) is 20.3. The van der Waals surface area contributed by atoms with Gasteiger partial charge in [-0.05, 0) is 58.3 Å². The van der Waals surface area contributed by atoms with Crippen LogP contribution in [0.2, 0.25) is 0 Å². The third-order valence-electron chi connectivity index (χ3n) is 5.53. The lowest BCUT2D eigenvalue weighted by molar-refractivity contribution is 0.0265. The molecule has 2 unspecified atom stereocenters. The fourth-order valence-corrected chi connectivity index (χ4v) is 3.84. The van der Waals surface area contributed by atoms with Crippen LogP contribution in [0.1, 0.15) is 73.1 Å². The summed E-state index contributed by atoms with van der Waals surface area (Å²) in [6.45, 7) is 12.9. The molecule has 2 rings (SSSR count). The van der Waals surface area contributed by atoms with Crippen molar-refractivity contribution in [3.63, 3.8) is 0 Å². The molecule has 2 atom stereocenters. The molecule has 0 spiro atoms. The van der Waals surface area contributed by atoms with Crippen molar-refractivity contribution in [2.45, 2.75) is 84.8 Å². The summed E-state index contributed by atoms with van der Waals surface area (Å²) < 4.78 is 5.45. The first-order valence-electron chi connectivity index (χ1n) is 10.1. The van der Waals surface area contributed by atoms with Crippen molar-refractivity contribution in [2.24, 2.45) is 11.8 Å². The third-order valence-corrected chi connectivity index (χ3v) is 5.53. The van der Waals surface area contributed by atoms with Gasteiger partial charge in [0.2, 0.25) is 0 Å². The van der Waals surface area contributed by atoms with Gasteiger partial charge in [0.15, 0.2) is 0 Å². The van der Waals surface area contributed by atoms with E-state index in [1.807, 2.05) is 20.8 Å². The van der Waals surface area contributed by atoms with Crippen LogP contribution in [0.4, 0.5) is 4.79 Å². The van der Waals surface area contributed by atoms with Gasteiger partial charge in [0.25, 0.3) is 0 Å². The number of nitrogens with one attached hydrogen (secondary N) is 1. The SMILES string of the molecule is CC(C)C1CCCC(NCC2=CCN(C(=O)OC(C)(C)C)CC2)CC1. The van der Waals surface area contributed by atoms with Gasteiger partial charge in [-0.15, -0.1) is 0 Å². The monoisotopic (exact) mass is 350 g/mol. The number of carbonyl (C=O) groups excluding carboxylic acids is 1. The Balaban J connectivity index is 1.73. The molecule has 0 aromatic heterocycles. The molecule has 0 radical (unpaired) electrons.